The lowest BCUT2D eigenvalue weighted by atomic mass is 10.0. The maximum absolute atomic E-state index is 13.5. The van der Waals surface area contributed by atoms with Crippen LogP contribution in [0.25, 0.3) is 5.69 Å². The minimum absolute atomic E-state index is 0.177. The molecule has 1 fully saturated rings. The van der Waals surface area contributed by atoms with Gasteiger partial charge in [0.1, 0.15) is 5.82 Å². The van der Waals surface area contributed by atoms with Crippen LogP contribution in [0.15, 0.2) is 35.3 Å². The van der Waals surface area contributed by atoms with Crippen molar-refractivity contribution < 1.29 is 9.18 Å². The van der Waals surface area contributed by atoms with Gasteiger partial charge < -0.3 is 4.90 Å². The van der Waals surface area contributed by atoms with Crippen LogP contribution in [0.3, 0.4) is 0 Å². The fraction of sp³-hybridized carbons (Fsp3) is 0.333. The van der Waals surface area contributed by atoms with Crippen LogP contribution in [0.5, 0.6) is 0 Å². The fourth-order valence-electron chi connectivity index (χ4n) is 3.48. The number of benzene rings is 1. The molecular weight excluding hydrogens is 351 g/mol. The normalized spacial score (nSPS) is 17.3. The molecule has 0 saturated carbocycles. The molecule has 0 bridgehead atoms. The molecule has 0 aliphatic carbocycles. The molecule has 1 aromatic carbocycles. The van der Waals surface area contributed by atoms with Crippen molar-refractivity contribution in [2.45, 2.75) is 32.2 Å². The van der Waals surface area contributed by atoms with Gasteiger partial charge in [0.2, 0.25) is 0 Å². The molecule has 1 unspecified atom stereocenters. The molecule has 3 aromatic rings. The second kappa shape index (κ2) is 6.82. The van der Waals surface area contributed by atoms with Crippen molar-refractivity contribution >= 4 is 5.91 Å². The second-order valence-electron chi connectivity index (χ2n) is 6.63. The summed E-state index contributed by atoms with van der Waals surface area (Å²) in [5, 5.41) is 10.7. The predicted molar refractivity (Wildman–Crippen MR) is 95.1 cm³/mol. The average Bonchev–Trinajstić information content (AvgIpc) is 3.27. The van der Waals surface area contributed by atoms with Gasteiger partial charge in [0.15, 0.2) is 5.82 Å². The third kappa shape index (κ3) is 3.27. The Morgan fingerprint density at radius 2 is 2.19 bits per heavy atom. The zero-order chi connectivity index (χ0) is 19.0. The molecule has 3 heterocycles. The third-order valence-corrected chi connectivity index (χ3v) is 4.80. The maximum atomic E-state index is 13.5. The van der Waals surface area contributed by atoms with Crippen LogP contribution in [0.1, 0.15) is 47.2 Å². The summed E-state index contributed by atoms with van der Waals surface area (Å²) in [6.07, 6.45) is 4.17. The Kier molecular flexibility index (Phi) is 4.35. The van der Waals surface area contributed by atoms with E-state index in [1.165, 1.54) is 16.8 Å². The number of nitrogens with one attached hydrogen (secondary N) is 2. The van der Waals surface area contributed by atoms with Gasteiger partial charge in [0.25, 0.3) is 5.91 Å². The highest BCUT2D eigenvalue weighted by molar-refractivity contribution is 5.95. The van der Waals surface area contributed by atoms with E-state index in [0.29, 0.717) is 29.3 Å². The Morgan fingerprint density at radius 1 is 1.33 bits per heavy atom. The quantitative estimate of drug-likeness (QED) is 0.737. The zero-order valence-corrected chi connectivity index (χ0v) is 14.8. The van der Waals surface area contributed by atoms with E-state index in [-0.39, 0.29) is 17.8 Å². The van der Waals surface area contributed by atoms with Crippen LogP contribution in [-0.4, -0.2) is 42.3 Å². The van der Waals surface area contributed by atoms with E-state index in [2.05, 4.69) is 20.3 Å². The highest BCUT2D eigenvalue weighted by Gasteiger charge is 2.32. The first-order valence-electron chi connectivity index (χ1n) is 8.80. The number of aryl methyl sites for hydroxylation is 1. The molecule has 1 amide bonds. The number of rotatable bonds is 3. The van der Waals surface area contributed by atoms with Gasteiger partial charge in [-0.05, 0) is 44.4 Å². The van der Waals surface area contributed by atoms with Gasteiger partial charge in [-0.1, -0.05) is 6.07 Å². The number of aromatic nitrogens is 5. The number of hydrogen-bond donors (Lipinski definition) is 2. The molecule has 0 spiro atoms. The number of H-pyrrole nitrogens is 2. The van der Waals surface area contributed by atoms with Crippen molar-refractivity contribution in [2.75, 3.05) is 6.54 Å². The molecule has 1 saturated heterocycles. The Labute approximate surface area is 154 Å². The van der Waals surface area contributed by atoms with Crippen molar-refractivity contribution in [3.63, 3.8) is 0 Å². The van der Waals surface area contributed by atoms with Gasteiger partial charge in [-0.2, -0.15) is 10.2 Å². The van der Waals surface area contributed by atoms with Gasteiger partial charge >= 0.3 is 5.69 Å². The number of carbonyl (C=O) groups excluding carboxylic acids is 1. The Morgan fingerprint density at radius 3 is 2.93 bits per heavy atom. The first-order chi connectivity index (χ1) is 13.0. The fourth-order valence-corrected chi connectivity index (χ4v) is 3.48. The Balaban J connectivity index is 1.66. The molecule has 2 aromatic heterocycles. The number of hydrogen-bond acceptors (Lipinski definition) is 4. The molecule has 8 nitrogen and oxygen atoms in total. The molecular formula is C18H19FN6O2. The third-order valence-electron chi connectivity index (χ3n) is 4.80. The lowest BCUT2D eigenvalue weighted by molar-refractivity contribution is 0.0599. The highest BCUT2D eigenvalue weighted by Crippen LogP contribution is 2.30. The van der Waals surface area contributed by atoms with Crippen molar-refractivity contribution in [1.82, 2.24) is 29.9 Å². The summed E-state index contributed by atoms with van der Waals surface area (Å²) in [6.45, 7) is 2.32. The largest absolute Gasteiger partial charge is 0.340 e. The van der Waals surface area contributed by atoms with E-state index >= 15 is 0 Å². The maximum Gasteiger partial charge on any atom is 0.340 e. The van der Waals surface area contributed by atoms with Crippen LogP contribution in [0.2, 0.25) is 0 Å². The molecule has 1 aliphatic heterocycles. The van der Waals surface area contributed by atoms with Crippen LogP contribution in [-0.2, 0) is 0 Å². The summed E-state index contributed by atoms with van der Waals surface area (Å²) in [5.74, 6) is -0.0842. The van der Waals surface area contributed by atoms with E-state index in [0.717, 1.165) is 19.3 Å². The zero-order valence-electron chi connectivity index (χ0n) is 14.8. The number of likely N-dealkylation sites (tertiary alicyclic amines) is 1. The van der Waals surface area contributed by atoms with E-state index in [1.54, 1.807) is 30.2 Å². The summed E-state index contributed by atoms with van der Waals surface area (Å²) >= 11 is 0. The van der Waals surface area contributed by atoms with Crippen LogP contribution in [0.4, 0.5) is 4.39 Å². The molecule has 9 heteroatoms. The van der Waals surface area contributed by atoms with Crippen LogP contribution in [0, 0.1) is 12.7 Å². The van der Waals surface area contributed by atoms with Gasteiger partial charge in [0, 0.05) is 12.7 Å². The SMILES string of the molecule is Cc1nn(-c2cccc(F)c2)cc1C(=O)N1CCCCC1c1n[nH]c(=O)[nH]1. The summed E-state index contributed by atoms with van der Waals surface area (Å²) in [5.41, 5.74) is 1.16. The standard InChI is InChI=1S/C18H19FN6O2/c1-11-14(10-25(23-11)13-6-4-5-12(19)9-13)17(26)24-8-3-2-7-15(24)16-20-18(27)22-21-16/h4-6,9-10,15H,2-3,7-8H2,1H3,(H2,20,21,22,27). The van der Waals surface area contributed by atoms with E-state index in [4.69, 9.17) is 0 Å². The molecule has 1 aliphatic rings. The second-order valence-corrected chi connectivity index (χ2v) is 6.63. The van der Waals surface area contributed by atoms with Crippen LogP contribution >= 0.6 is 0 Å². The van der Waals surface area contributed by atoms with E-state index in [1.807, 2.05) is 0 Å². The number of amides is 1. The number of nitrogens with zero attached hydrogens (tertiary/aromatic N) is 4. The van der Waals surface area contributed by atoms with E-state index < -0.39 is 5.69 Å². The predicted octanol–water partition coefficient (Wildman–Crippen LogP) is 2.10. The smallest absolute Gasteiger partial charge is 0.328 e. The van der Waals surface area contributed by atoms with Crippen molar-refractivity contribution in [3.8, 4) is 5.69 Å². The minimum atomic E-state index is -0.391. The van der Waals surface area contributed by atoms with Crippen LogP contribution < -0.4 is 5.69 Å². The molecule has 0 radical (unpaired) electrons. The summed E-state index contributed by atoms with van der Waals surface area (Å²) in [4.78, 5) is 29.0. The number of aromatic amines is 2. The lowest BCUT2D eigenvalue weighted by Crippen LogP contribution is -2.39. The summed E-state index contributed by atoms with van der Waals surface area (Å²) in [7, 11) is 0. The monoisotopic (exact) mass is 370 g/mol. The van der Waals surface area contributed by atoms with Crippen molar-refractivity contribution in [2.24, 2.45) is 0 Å². The Hall–Kier alpha value is -3.23. The number of carbonyl (C=O) groups is 1. The van der Waals surface area contributed by atoms with Gasteiger partial charge in [-0.15, -0.1) is 0 Å². The van der Waals surface area contributed by atoms with Gasteiger partial charge in [-0.3, -0.25) is 9.78 Å². The lowest BCUT2D eigenvalue weighted by Gasteiger charge is -2.34. The van der Waals surface area contributed by atoms with Crippen molar-refractivity contribution in [1.29, 1.82) is 0 Å². The molecule has 140 valence electrons. The Bertz CT molecular complexity index is 1040. The highest BCUT2D eigenvalue weighted by atomic mass is 19.1. The minimum Gasteiger partial charge on any atom is -0.328 e. The van der Waals surface area contributed by atoms with Gasteiger partial charge in [-0.25, -0.2) is 19.0 Å². The summed E-state index contributed by atoms with van der Waals surface area (Å²) < 4.78 is 15.0. The van der Waals surface area contributed by atoms with E-state index in [9.17, 15) is 14.0 Å². The number of halogens is 1. The molecule has 4 rings (SSSR count). The summed E-state index contributed by atoms with van der Waals surface area (Å²) in [6, 6.07) is 5.75. The molecule has 27 heavy (non-hydrogen) atoms. The van der Waals surface area contributed by atoms with Crippen molar-refractivity contribution in [3.05, 3.63) is 63.8 Å². The first-order valence-corrected chi connectivity index (χ1v) is 8.80. The molecule has 1 atom stereocenters. The number of piperidine rings is 1. The van der Waals surface area contributed by atoms with Gasteiger partial charge in [0.05, 0.1) is 23.0 Å². The topological polar surface area (TPSA) is 99.7 Å². The average molecular weight is 370 g/mol. The first kappa shape index (κ1) is 17.2. The molecule has 2 N–H and O–H groups in total.